The van der Waals surface area contributed by atoms with Gasteiger partial charge in [0, 0.05) is 29.3 Å². The number of nitrogens with one attached hydrogen (secondary N) is 1. The number of carbonyl (C=O) groups excluding carboxylic acids is 1. The molecule has 31 heavy (non-hydrogen) atoms. The van der Waals surface area contributed by atoms with Crippen LogP contribution in [-0.4, -0.2) is 21.1 Å². The SMILES string of the molecule is Cc1cccc(-c2nnc(-c3ccc(C(=O)Nc4ccc5oc(C)nc5c4)cc3)o2)c1. The second-order valence-corrected chi connectivity index (χ2v) is 7.23. The van der Waals surface area contributed by atoms with Crippen molar-refractivity contribution in [3.05, 3.63) is 83.7 Å². The lowest BCUT2D eigenvalue weighted by Crippen LogP contribution is -2.11. The maximum atomic E-state index is 12.6. The van der Waals surface area contributed by atoms with Crippen LogP contribution in [0.2, 0.25) is 0 Å². The van der Waals surface area contributed by atoms with Crippen LogP contribution in [-0.2, 0) is 0 Å². The van der Waals surface area contributed by atoms with E-state index < -0.39 is 0 Å². The van der Waals surface area contributed by atoms with E-state index in [0.717, 1.165) is 16.7 Å². The summed E-state index contributed by atoms with van der Waals surface area (Å²) in [5.74, 6) is 1.21. The molecule has 1 amide bonds. The molecule has 0 aliphatic rings. The fourth-order valence-electron chi connectivity index (χ4n) is 3.32. The first-order chi connectivity index (χ1) is 15.0. The summed E-state index contributed by atoms with van der Waals surface area (Å²) in [6.45, 7) is 3.79. The number of rotatable bonds is 4. The highest BCUT2D eigenvalue weighted by Crippen LogP contribution is 2.25. The van der Waals surface area contributed by atoms with Gasteiger partial charge in [0.15, 0.2) is 11.5 Å². The summed E-state index contributed by atoms with van der Waals surface area (Å²) in [7, 11) is 0. The molecule has 2 heterocycles. The number of fused-ring (bicyclic) bond motifs is 1. The molecule has 0 unspecified atom stereocenters. The van der Waals surface area contributed by atoms with Crippen molar-refractivity contribution in [1.82, 2.24) is 15.2 Å². The zero-order chi connectivity index (χ0) is 21.4. The number of amides is 1. The number of anilines is 1. The highest BCUT2D eigenvalue weighted by Gasteiger charge is 2.13. The number of nitrogens with zero attached hydrogens (tertiary/aromatic N) is 3. The van der Waals surface area contributed by atoms with Gasteiger partial charge in [-0.15, -0.1) is 10.2 Å². The van der Waals surface area contributed by atoms with Crippen molar-refractivity contribution in [3.8, 4) is 22.9 Å². The number of benzene rings is 3. The number of carbonyl (C=O) groups is 1. The molecule has 0 fully saturated rings. The van der Waals surface area contributed by atoms with Gasteiger partial charge in [0.05, 0.1) is 0 Å². The topological polar surface area (TPSA) is 94.1 Å². The Morgan fingerprint density at radius 3 is 2.39 bits per heavy atom. The van der Waals surface area contributed by atoms with Crippen LogP contribution in [0.5, 0.6) is 0 Å². The van der Waals surface area contributed by atoms with Crippen LogP contribution in [0.25, 0.3) is 34.0 Å². The van der Waals surface area contributed by atoms with Crippen molar-refractivity contribution in [2.45, 2.75) is 13.8 Å². The number of aryl methyl sites for hydroxylation is 2. The second kappa shape index (κ2) is 7.53. The van der Waals surface area contributed by atoms with Crippen molar-refractivity contribution in [2.24, 2.45) is 0 Å². The van der Waals surface area contributed by atoms with Crippen molar-refractivity contribution < 1.29 is 13.6 Å². The van der Waals surface area contributed by atoms with Crippen LogP contribution in [0.4, 0.5) is 5.69 Å². The monoisotopic (exact) mass is 410 g/mol. The van der Waals surface area contributed by atoms with E-state index in [1.807, 2.05) is 31.2 Å². The molecule has 0 spiro atoms. The van der Waals surface area contributed by atoms with Crippen molar-refractivity contribution in [2.75, 3.05) is 5.32 Å². The van der Waals surface area contributed by atoms with E-state index in [4.69, 9.17) is 8.83 Å². The average molecular weight is 410 g/mol. The molecule has 0 bridgehead atoms. The van der Waals surface area contributed by atoms with E-state index in [1.54, 1.807) is 49.4 Å². The van der Waals surface area contributed by atoms with E-state index in [2.05, 4.69) is 20.5 Å². The lowest BCUT2D eigenvalue weighted by molar-refractivity contribution is 0.102. The molecule has 7 nitrogen and oxygen atoms in total. The van der Waals surface area contributed by atoms with Gasteiger partial charge in [0.1, 0.15) is 5.52 Å². The minimum Gasteiger partial charge on any atom is -0.441 e. The largest absolute Gasteiger partial charge is 0.441 e. The normalized spacial score (nSPS) is 11.0. The molecule has 0 radical (unpaired) electrons. The first-order valence-electron chi connectivity index (χ1n) is 9.75. The molecule has 2 aromatic heterocycles. The van der Waals surface area contributed by atoms with Crippen LogP contribution in [0.1, 0.15) is 21.8 Å². The molecular weight excluding hydrogens is 392 g/mol. The average Bonchev–Trinajstić information content (AvgIpc) is 3.40. The first kappa shape index (κ1) is 18.7. The summed E-state index contributed by atoms with van der Waals surface area (Å²) in [5.41, 5.74) is 5.27. The molecule has 1 N–H and O–H groups in total. The van der Waals surface area contributed by atoms with Gasteiger partial charge in [-0.05, 0) is 61.5 Å². The third-order valence-corrected chi connectivity index (χ3v) is 4.84. The minimum absolute atomic E-state index is 0.225. The molecule has 5 aromatic rings. The predicted molar refractivity (Wildman–Crippen MR) is 117 cm³/mol. The number of aromatic nitrogens is 3. The molecule has 0 saturated carbocycles. The van der Waals surface area contributed by atoms with Gasteiger partial charge >= 0.3 is 0 Å². The Morgan fingerprint density at radius 1 is 0.839 bits per heavy atom. The van der Waals surface area contributed by atoms with Crippen LogP contribution in [0.3, 0.4) is 0 Å². The lowest BCUT2D eigenvalue weighted by Gasteiger charge is -2.05. The maximum Gasteiger partial charge on any atom is 0.255 e. The lowest BCUT2D eigenvalue weighted by atomic mass is 10.1. The zero-order valence-corrected chi connectivity index (χ0v) is 16.9. The minimum atomic E-state index is -0.225. The van der Waals surface area contributed by atoms with Crippen LogP contribution in [0, 0.1) is 13.8 Å². The number of hydrogen-bond donors (Lipinski definition) is 1. The molecule has 5 rings (SSSR count). The summed E-state index contributed by atoms with van der Waals surface area (Å²) in [5, 5.41) is 11.1. The van der Waals surface area contributed by atoms with Crippen molar-refractivity contribution in [3.63, 3.8) is 0 Å². The van der Waals surface area contributed by atoms with E-state index >= 15 is 0 Å². The molecule has 152 valence electrons. The fraction of sp³-hybridized carbons (Fsp3) is 0.0833. The van der Waals surface area contributed by atoms with E-state index in [9.17, 15) is 4.79 Å². The van der Waals surface area contributed by atoms with Crippen LogP contribution in [0.15, 0.2) is 75.6 Å². The summed E-state index contributed by atoms with van der Waals surface area (Å²) in [6.07, 6.45) is 0. The van der Waals surface area contributed by atoms with Gasteiger partial charge in [0.2, 0.25) is 11.8 Å². The summed E-state index contributed by atoms with van der Waals surface area (Å²) in [6, 6.07) is 20.2. The molecule has 0 saturated heterocycles. The van der Waals surface area contributed by atoms with E-state index in [-0.39, 0.29) is 5.91 Å². The molecule has 0 aliphatic heterocycles. The molecule has 3 aromatic carbocycles. The standard InChI is InChI=1S/C24H18N4O3/c1-14-4-3-5-18(12-14)24-28-27-23(31-24)17-8-6-16(7-9-17)22(29)26-19-10-11-21-20(13-19)25-15(2)30-21/h3-13H,1-2H3,(H,26,29). The van der Waals surface area contributed by atoms with Gasteiger partial charge in [-0.25, -0.2) is 4.98 Å². The molecule has 0 aliphatic carbocycles. The first-order valence-corrected chi connectivity index (χ1v) is 9.75. The Labute approximate surface area is 177 Å². The van der Waals surface area contributed by atoms with E-state index in [0.29, 0.717) is 40.0 Å². The summed E-state index contributed by atoms with van der Waals surface area (Å²) >= 11 is 0. The van der Waals surface area contributed by atoms with Gasteiger partial charge in [0.25, 0.3) is 5.91 Å². The van der Waals surface area contributed by atoms with Crippen LogP contribution < -0.4 is 5.32 Å². The zero-order valence-electron chi connectivity index (χ0n) is 16.9. The Hall–Kier alpha value is -4.26. The molecule has 7 heteroatoms. The van der Waals surface area contributed by atoms with Gasteiger partial charge < -0.3 is 14.2 Å². The van der Waals surface area contributed by atoms with Gasteiger partial charge in [-0.3, -0.25) is 4.79 Å². The molecule has 0 atom stereocenters. The second-order valence-electron chi connectivity index (χ2n) is 7.23. The molecular formula is C24H18N4O3. The third kappa shape index (κ3) is 3.81. The van der Waals surface area contributed by atoms with Crippen molar-refractivity contribution in [1.29, 1.82) is 0 Å². The smallest absolute Gasteiger partial charge is 0.255 e. The highest BCUT2D eigenvalue weighted by molar-refractivity contribution is 6.05. The highest BCUT2D eigenvalue weighted by atomic mass is 16.4. The third-order valence-electron chi connectivity index (χ3n) is 4.84. The maximum absolute atomic E-state index is 12.6. The Kier molecular flexibility index (Phi) is 4.55. The predicted octanol–water partition coefficient (Wildman–Crippen LogP) is 5.41. The number of hydrogen-bond acceptors (Lipinski definition) is 6. The number of oxazole rings is 1. The van der Waals surface area contributed by atoms with Gasteiger partial charge in [-0.1, -0.05) is 17.7 Å². The van der Waals surface area contributed by atoms with Gasteiger partial charge in [-0.2, -0.15) is 0 Å². The Morgan fingerprint density at radius 2 is 1.61 bits per heavy atom. The summed E-state index contributed by atoms with van der Waals surface area (Å²) < 4.78 is 11.3. The van der Waals surface area contributed by atoms with Crippen molar-refractivity contribution >= 4 is 22.7 Å². The van der Waals surface area contributed by atoms with E-state index in [1.165, 1.54) is 0 Å². The quantitative estimate of drug-likeness (QED) is 0.425. The summed E-state index contributed by atoms with van der Waals surface area (Å²) in [4.78, 5) is 16.9. The van der Waals surface area contributed by atoms with Crippen LogP contribution >= 0.6 is 0 Å². The Bertz CT molecular complexity index is 1400. The Balaban J connectivity index is 1.33. The fourth-order valence-corrected chi connectivity index (χ4v) is 3.32.